The topological polar surface area (TPSA) is 80.8 Å². The molecule has 0 saturated carbocycles. The third-order valence-corrected chi connectivity index (χ3v) is 7.51. The highest BCUT2D eigenvalue weighted by Crippen LogP contribution is 2.27. The first-order valence-electron chi connectivity index (χ1n) is 11.4. The van der Waals surface area contributed by atoms with E-state index in [1.165, 1.54) is 28.6 Å². The van der Waals surface area contributed by atoms with Crippen molar-refractivity contribution in [2.45, 2.75) is 17.9 Å². The van der Waals surface area contributed by atoms with Crippen LogP contribution in [0.15, 0.2) is 120 Å². The van der Waals surface area contributed by atoms with Gasteiger partial charge < -0.3 is 4.74 Å². The number of ketones is 1. The average Bonchev–Trinajstić information content (AvgIpc) is 2.93. The number of sulfonamides is 1. The Labute approximate surface area is 210 Å². The van der Waals surface area contributed by atoms with Gasteiger partial charge in [0.2, 0.25) is 5.78 Å². The molecule has 182 valence electrons. The van der Waals surface area contributed by atoms with E-state index in [1.807, 2.05) is 0 Å². The van der Waals surface area contributed by atoms with Gasteiger partial charge in [0.05, 0.1) is 16.1 Å². The third-order valence-electron chi connectivity index (χ3n) is 5.61. The SMILES string of the molecule is CCN(c1ccccc1)S(=O)(=O)c1cccc(C(=O)OC(C(=O)c2ccccc2)c2ccccc2)c1. The van der Waals surface area contributed by atoms with E-state index in [1.54, 1.807) is 97.9 Å². The standard InChI is InChI=1S/C29H25NO5S/c1-2-30(25-18-10-5-11-19-25)36(33,34)26-20-12-17-24(21-26)29(32)35-28(23-15-8-4-9-16-23)27(31)22-13-6-3-7-14-22/h3-21,28H,2H2,1H3. The average molecular weight is 500 g/mol. The summed E-state index contributed by atoms with van der Waals surface area (Å²) in [5.74, 6) is -1.17. The molecule has 1 atom stereocenters. The van der Waals surface area contributed by atoms with E-state index >= 15 is 0 Å². The van der Waals surface area contributed by atoms with Crippen LogP contribution in [0.3, 0.4) is 0 Å². The highest BCUT2D eigenvalue weighted by molar-refractivity contribution is 7.92. The lowest BCUT2D eigenvalue weighted by molar-refractivity contribution is 0.0280. The quantitative estimate of drug-likeness (QED) is 0.219. The number of ether oxygens (including phenoxy) is 1. The monoisotopic (exact) mass is 499 g/mol. The molecule has 0 spiro atoms. The molecule has 4 aromatic carbocycles. The number of rotatable bonds is 9. The second kappa shape index (κ2) is 11.0. The van der Waals surface area contributed by atoms with Gasteiger partial charge in [-0.1, -0.05) is 84.9 Å². The second-order valence-corrected chi connectivity index (χ2v) is 9.82. The van der Waals surface area contributed by atoms with Gasteiger partial charge in [0.1, 0.15) is 0 Å². The first-order chi connectivity index (χ1) is 17.4. The summed E-state index contributed by atoms with van der Waals surface area (Å²) in [5.41, 5.74) is 1.47. The predicted molar refractivity (Wildman–Crippen MR) is 138 cm³/mol. The van der Waals surface area contributed by atoms with Crippen molar-refractivity contribution in [2.24, 2.45) is 0 Å². The fraction of sp³-hybridized carbons (Fsp3) is 0.103. The van der Waals surface area contributed by atoms with Gasteiger partial charge in [-0.3, -0.25) is 9.10 Å². The summed E-state index contributed by atoms with van der Waals surface area (Å²) in [7, 11) is -3.94. The van der Waals surface area contributed by atoms with Gasteiger partial charge in [-0.25, -0.2) is 13.2 Å². The Bertz CT molecular complexity index is 1440. The van der Waals surface area contributed by atoms with E-state index in [2.05, 4.69) is 0 Å². The van der Waals surface area contributed by atoms with E-state index in [0.717, 1.165) is 0 Å². The van der Waals surface area contributed by atoms with Gasteiger partial charge >= 0.3 is 5.97 Å². The van der Waals surface area contributed by atoms with Crippen LogP contribution in [0.5, 0.6) is 0 Å². The molecular formula is C29H25NO5S. The van der Waals surface area contributed by atoms with E-state index in [9.17, 15) is 18.0 Å². The molecule has 36 heavy (non-hydrogen) atoms. The number of nitrogens with zero attached hydrogens (tertiary/aromatic N) is 1. The highest BCUT2D eigenvalue weighted by atomic mass is 32.2. The Hall–Kier alpha value is -4.23. The van der Waals surface area contributed by atoms with Gasteiger partial charge in [0.25, 0.3) is 10.0 Å². The number of esters is 1. The molecule has 0 fully saturated rings. The molecular weight excluding hydrogens is 474 g/mol. The van der Waals surface area contributed by atoms with Crippen molar-refractivity contribution in [3.8, 4) is 0 Å². The van der Waals surface area contributed by atoms with Crippen molar-refractivity contribution in [1.82, 2.24) is 0 Å². The van der Waals surface area contributed by atoms with Crippen molar-refractivity contribution < 1.29 is 22.7 Å². The number of benzene rings is 4. The Kier molecular flexibility index (Phi) is 7.61. The summed E-state index contributed by atoms with van der Waals surface area (Å²) in [4.78, 5) is 26.4. The molecule has 0 radical (unpaired) electrons. The lowest BCUT2D eigenvalue weighted by atomic mass is 10.00. The van der Waals surface area contributed by atoms with Crippen LogP contribution < -0.4 is 4.31 Å². The predicted octanol–water partition coefficient (Wildman–Crippen LogP) is 5.68. The van der Waals surface area contributed by atoms with Crippen molar-refractivity contribution in [3.05, 3.63) is 132 Å². The van der Waals surface area contributed by atoms with Gasteiger partial charge in [-0.15, -0.1) is 0 Å². The smallest absolute Gasteiger partial charge is 0.339 e. The number of Topliss-reactive ketones (excluding diaryl/α,β-unsaturated/α-hetero) is 1. The number of para-hydroxylation sites is 1. The number of anilines is 1. The van der Waals surface area contributed by atoms with Crippen LogP contribution in [0.4, 0.5) is 5.69 Å². The molecule has 0 amide bonds. The summed E-state index contributed by atoms with van der Waals surface area (Å²) >= 11 is 0. The lowest BCUT2D eigenvalue weighted by Crippen LogP contribution is -2.30. The van der Waals surface area contributed by atoms with Gasteiger partial charge in [-0.05, 0) is 37.3 Å². The Morgan fingerprint density at radius 1 is 0.750 bits per heavy atom. The molecule has 1 unspecified atom stereocenters. The number of hydrogen-bond donors (Lipinski definition) is 0. The van der Waals surface area contributed by atoms with Gasteiger partial charge in [0, 0.05) is 17.7 Å². The highest BCUT2D eigenvalue weighted by Gasteiger charge is 2.28. The maximum Gasteiger partial charge on any atom is 0.339 e. The molecule has 4 aromatic rings. The minimum Gasteiger partial charge on any atom is -0.445 e. The summed E-state index contributed by atoms with van der Waals surface area (Å²) in [6, 6.07) is 31.7. The molecule has 0 heterocycles. The molecule has 0 bridgehead atoms. The molecule has 0 aliphatic carbocycles. The fourth-order valence-corrected chi connectivity index (χ4v) is 5.35. The number of hydrogen-bond acceptors (Lipinski definition) is 5. The van der Waals surface area contributed by atoms with Crippen LogP contribution in [0.1, 0.15) is 39.3 Å². The molecule has 4 rings (SSSR count). The maximum atomic E-state index is 13.4. The first-order valence-corrected chi connectivity index (χ1v) is 12.9. The van der Waals surface area contributed by atoms with Crippen molar-refractivity contribution in [1.29, 1.82) is 0 Å². The molecule has 0 aliphatic rings. The molecule has 0 N–H and O–H groups in total. The largest absolute Gasteiger partial charge is 0.445 e. The summed E-state index contributed by atoms with van der Waals surface area (Å²) in [5, 5.41) is 0. The van der Waals surface area contributed by atoms with E-state index in [-0.39, 0.29) is 22.8 Å². The Balaban J connectivity index is 1.65. The number of carbonyl (C=O) groups excluding carboxylic acids is 2. The fourth-order valence-electron chi connectivity index (χ4n) is 3.83. The summed E-state index contributed by atoms with van der Waals surface area (Å²) < 4.78 is 33.7. The van der Waals surface area contributed by atoms with Crippen LogP contribution in [0, 0.1) is 0 Å². The van der Waals surface area contributed by atoms with Crippen LogP contribution >= 0.6 is 0 Å². The minimum atomic E-state index is -3.94. The summed E-state index contributed by atoms with van der Waals surface area (Å²) in [6.45, 7) is 1.95. The van der Waals surface area contributed by atoms with Crippen LogP contribution in [-0.4, -0.2) is 26.7 Å². The van der Waals surface area contributed by atoms with Crippen molar-refractivity contribution in [3.63, 3.8) is 0 Å². The van der Waals surface area contributed by atoms with E-state index in [4.69, 9.17) is 4.74 Å². The number of carbonyl (C=O) groups is 2. The molecule has 0 aromatic heterocycles. The van der Waals surface area contributed by atoms with Gasteiger partial charge in [-0.2, -0.15) is 0 Å². The van der Waals surface area contributed by atoms with Crippen molar-refractivity contribution in [2.75, 3.05) is 10.8 Å². The zero-order valence-corrected chi connectivity index (χ0v) is 20.5. The van der Waals surface area contributed by atoms with Gasteiger partial charge in [0.15, 0.2) is 6.10 Å². The van der Waals surface area contributed by atoms with Crippen LogP contribution in [0.25, 0.3) is 0 Å². The van der Waals surface area contributed by atoms with E-state index < -0.39 is 22.1 Å². The molecule has 0 aliphatic heterocycles. The third kappa shape index (κ3) is 5.37. The molecule has 6 nitrogen and oxygen atoms in total. The zero-order chi connectivity index (χ0) is 25.5. The zero-order valence-electron chi connectivity index (χ0n) is 19.7. The lowest BCUT2D eigenvalue weighted by Gasteiger charge is -2.23. The minimum absolute atomic E-state index is 0.0296. The molecule has 7 heteroatoms. The second-order valence-electron chi connectivity index (χ2n) is 7.96. The molecule has 0 saturated heterocycles. The maximum absolute atomic E-state index is 13.4. The Morgan fingerprint density at radius 3 is 1.92 bits per heavy atom. The van der Waals surface area contributed by atoms with Crippen LogP contribution in [-0.2, 0) is 14.8 Å². The Morgan fingerprint density at radius 2 is 1.31 bits per heavy atom. The van der Waals surface area contributed by atoms with E-state index in [0.29, 0.717) is 16.8 Å². The van der Waals surface area contributed by atoms with Crippen molar-refractivity contribution >= 4 is 27.5 Å². The summed E-state index contributed by atoms with van der Waals surface area (Å²) in [6.07, 6.45) is -1.18. The first kappa shape index (κ1) is 24.9. The normalized spacial score (nSPS) is 11.9. The van der Waals surface area contributed by atoms with Crippen LogP contribution in [0.2, 0.25) is 0 Å².